The highest BCUT2D eigenvalue weighted by Crippen LogP contribution is 2.32. The van der Waals surface area contributed by atoms with Crippen LogP contribution < -0.4 is 10.6 Å². The summed E-state index contributed by atoms with van der Waals surface area (Å²) >= 11 is 17.6. The molecule has 0 aromatic heterocycles. The molecule has 0 aliphatic carbocycles. The monoisotopic (exact) mass is 479 g/mol. The first-order chi connectivity index (χ1) is 13.5. The van der Waals surface area contributed by atoms with E-state index in [0.29, 0.717) is 4.31 Å². The maximum absolute atomic E-state index is 13.9. The fraction of sp³-hybridized carbons (Fsp3) is 0.176. The molecule has 0 fully saturated rings. The van der Waals surface area contributed by atoms with E-state index in [1.54, 1.807) is 0 Å². The van der Waals surface area contributed by atoms with Gasteiger partial charge in [0.2, 0.25) is 9.70 Å². The Kier molecular flexibility index (Phi) is 5.96. The molecule has 0 radical (unpaired) electrons. The third-order valence-electron chi connectivity index (χ3n) is 4.01. The van der Waals surface area contributed by atoms with Crippen molar-refractivity contribution in [1.29, 1.82) is 0 Å². The van der Waals surface area contributed by atoms with Gasteiger partial charge in [0.05, 0.1) is 11.3 Å². The zero-order valence-corrected chi connectivity index (χ0v) is 17.5. The van der Waals surface area contributed by atoms with E-state index in [-0.39, 0.29) is 16.1 Å². The molecule has 7 nitrogen and oxygen atoms in total. The summed E-state index contributed by atoms with van der Waals surface area (Å²) < 4.78 is 37.2. The van der Waals surface area contributed by atoms with Crippen LogP contribution in [0.1, 0.15) is 10.4 Å². The molecule has 1 atom stereocenters. The van der Waals surface area contributed by atoms with Crippen molar-refractivity contribution in [1.82, 2.24) is 9.62 Å². The maximum atomic E-state index is 13.9. The number of sulfonamides is 1. The quantitative estimate of drug-likeness (QED) is 0.507. The van der Waals surface area contributed by atoms with Gasteiger partial charge in [-0.05, 0) is 24.3 Å². The minimum atomic E-state index is -4.18. The molecule has 1 aliphatic rings. The minimum Gasteiger partial charge on any atom is -0.359 e. The molecule has 0 spiro atoms. The summed E-state index contributed by atoms with van der Waals surface area (Å²) in [4.78, 5) is 24.6. The number of fused-ring (bicyclic) bond motifs is 1. The lowest BCUT2D eigenvalue weighted by Gasteiger charge is -2.28. The average molecular weight is 481 g/mol. The van der Waals surface area contributed by atoms with Crippen molar-refractivity contribution >= 4 is 62.3 Å². The molecular formula is C17H13Cl3FN3O4S. The van der Waals surface area contributed by atoms with Gasteiger partial charge in [0.25, 0.3) is 15.9 Å². The van der Waals surface area contributed by atoms with Crippen molar-refractivity contribution in [2.24, 2.45) is 0 Å². The summed E-state index contributed by atoms with van der Waals surface area (Å²) in [7, 11) is -4.18. The second-order valence-corrected chi connectivity index (χ2v) is 10.2. The Balaban J connectivity index is 1.78. The highest BCUT2D eigenvalue weighted by atomic mass is 35.6. The topological polar surface area (TPSA) is 95.6 Å². The Hall–Kier alpha value is -2.07. The minimum absolute atomic E-state index is 0.0392. The summed E-state index contributed by atoms with van der Waals surface area (Å²) in [5, 5.41) is 4.81. The number of nitrogens with one attached hydrogen (secondary N) is 2. The Morgan fingerprint density at radius 2 is 1.72 bits per heavy atom. The van der Waals surface area contributed by atoms with Crippen LogP contribution in [-0.4, -0.2) is 41.0 Å². The smallest absolute Gasteiger partial charge is 0.269 e. The molecule has 1 heterocycles. The normalized spacial score (nSPS) is 16.3. The molecule has 29 heavy (non-hydrogen) atoms. The van der Waals surface area contributed by atoms with E-state index >= 15 is 0 Å². The van der Waals surface area contributed by atoms with Crippen LogP contribution in [0.4, 0.5) is 10.1 Å². The Bertz CT molecular complexity index is 1080. The summed E-state index contributed by atoms with van der Waals surface area (Å²) in [5.41, 5.74) is -0.0934. The number of anilines is 1. The van der Waals surface area contributed by atoms with Crippen molar-refractivity contribution in [2.45, 2.75) is 14.9 Å². The van der Waals surface area contributed by atoms with Gasteiger partial charge in [-0.25, -0.2) is 17.1 Å². The molecule has 2 amide bonds. The van der Waals surface area contributed by atoms with Gasteiger partial charge in [-0.15, -0.1) is 0 Å². The number of nitrogens with zero attached hydrogens (tertiary/aromatic N) is 1. The fourth-order valence-corrected chi connectivity index (χ4v) is 4.51. The van der Waals surface area contributed by atoms with E-state index in [1.807, 2.05) is 0 Å². The number of hydrogen-bond donors (Lipinski definition) is 2. The highest BCUT2D eigenvalue weighted by Gasteiger charge is 2.43. The van der Waals surface area contributed by atoms with Gasteiger partial charge in [-0.3, -0.25) is 9.59 Å². The predicted octanol–water partition coefficient (Wildman–Crippen LogP) is 2.89. The fourth-order valence-electron chi connectivity index (χ4n) is 2.66. The summed E-state index contributed by atoms with van der Waals surface area (Å²) in [6.45, 7) is -0.841. The number of hydrogen-bond acceptors (Lipinski definition) is 5. The maximum Gasteiger partial charge on any atom is 0.269 e. The zero-order valence-electron chi connectivity index (χ0n) is 14.4. The van der Waals surface area contributed by atoms with Crippen molar-refractivity contribution in [3.63, 3.8) is 0 Å². The summed E-state index contributed by atoms with van der Waals surface area (Å²) in [6, 6.07) is 11.1. The van der Waals surface area contributed by atoms with E-state index < -0.39 is 44.2 Å². The van der Waals surface area contributed by atoms with Gasteiger partial charge >= 0.3 is 0 Å². The third kappa shape index (κ3) is 4.42. The van der Waals surface area contributed by atoms with Gasteiger partial charge < -0.3 is 10.6 Å². The third-order valence-corrected chi connectivity index (χ3v) is 6.45. The molecule has 0 saturated heterocycles. The van der Waals surface area contributed by atoms with Gasteiger partial charge in [0, 0.05) is 0 Å². The number of rotatable bonds is 5. The molecule has 2 aromatic rings. The first-order valence-corrected chi connectivity index (χ1v) is 10.6. The number of carbonyl (C=O) groups excluding carboxylic acids is 2. The number of para-hydroxylation sites is 1. The number of halogens is 4. The van der Waals surface area contributed by atoms with Gasteiger partial charge in [-0.2, -0.15) is 0 Å². The van der Waals surface area contributed by atoms with Crippen LogP contribution in [0.5, 0.6) is 0 Å². The largest absolute Gasteiger partial charge is 0.359 e. The van der Waals surface area contributed by atoms with Crippen LogP contribution in [0.15, 0.2) is 53.4 Å². The number of benzene rings is 2. The molecule has 2 N–H and O–H groups in total. The second kappa shape index (κ2) is 7.98. The van der Waals surface area contributed by atoms with Gasteiger partial charge in [0.1, 0.15) is 23.4 Å². The molecular weight excluding hydrogens is 468 g/mol. The average Bonchev–Trinajstić information content (AvgIpc) is 2.83. The predicted molar refractivity (Wildman–Crippen MR) is 107 cm³/mol. The second-order valence-electron chi connectivity index (χ2n) is 5.98. The van der Waals surface area contributed by atoms with Crippen molar-refractivity contribution in [3.05, 3.63) is 59.9 Å². The lowest BCUT2D eigenvalue weighted by molar-refractivity contribution is -0.121. The Labute approximate surface area is 180 Å². The molecule has 2 aromatic carbocycles. The number of alkyl halides is 3. The van der Waals surface area contributed by atoms with Crippen molar-refractivity contribution < 1.29 is 22.4 Å². The van der Waals surface area contributed by atoms with Crippen LogP contribution in [-0.2, 0) is 14.8 Å². The standard InChI is InChI=1S/C17H13Cl3FN3O4S/c18-17(19,20)16(22-12-7-3-2-6-11(12)21)23-14(25)9-24-15(26)10-5-1-4-8-13(10)29(24,27)28/h1-8,16,22H,9H2,(H,23,25)/t16-/m1/s1. The highest BCUT2D eigenvalue weighted by molar-refractivity contribution is 7.90. The summed E-state index contributed by atoms with van der Waals surface area (Å²) in [6.07, 6.45) is -1.42. The van der Waals surface area contributed by atoms with Crippen LogP contribution in [0.3, 0.4) is 0 Å². The number of carbonyl (C=O) groups is 2. The van der Waals surface area contributed by atoms with Gasteiger partial charge in [0.15, 0.2) is 0 Å². The molecule has 3 rings (SSSR count). The lowest BCUT2D eigenvalue weighted by atomic mass is 10.2. The lowest BCUT2D eigenvalue weighted by Crippen LogP contribution is -2.52. The summed E-state index contributed by atoms with van der Waals surface area (Å²) in [5.74, 6) is -2.44. The molecule has 0 unspecified atom stereocenters. The van der Waals surface area contributed by atoms with Gasteiger partial charge in [-0.1, -0.05) is 59.1 Å². The van der Waals surface area contributed by atoms with Crippen LogP contribution in [0, 0.1) is 5.82 Å². The van der Waals surface area contributed by atoms with Crippen LogP contribution in [0.2, 0.25) is 0 Å². The van der Waals surface area contributed by atoms with E-state index in [9.17, 15) is 22.4 Å². The zero-order chi connectivity index (χ0) is 21.4. The van der Waals surface area contributed by atoms with E-state index in [0.717, 1.165) is 6.07 Å². The Morgan fingerprint density at radius 3 is 2.34 bits per heavy atom. The molecule has 154 valence electrons. The van der Waals surface area contributed by atoms with Crippen molar-refractivity contribution in [2.75, 3.05) is 11.9 Å². The number of amides is 2. The van der Waals surface area contributed by atoms with Crippen molar-refractivity contribution in [3.8, 4) is 0 Å². The van der Waals surface area contributed by atoms with E-state index in [4.69, 9.17) is 34.8 Å². The van der Waals surface area contributed by atoms with Crippen LogP contribution >= 0.6 is 34.8 Å². The van der Waals surface area contributed by atoms with E-state index in [1.165, 1.54) is 42.5 Å². The molecule has 1 aliphatic heterocycles. The first-order valence-electron chi connectivity index (χ1n) is 8.05. The SMILES string of the molecule is O=C(CN1C(=O)c2ccccc2S1(=O)=O)N[C@@H](Nc1ccccc1F)C(Cl)(Cl)Cl. The Morgan fingerprint density at radius 1 is 1.10 bits per heavy atom. The molecule has 12 heteroatoms. The van der Waals surface area contributed by atoms with E-state index in [2.05, 4.69) is 10.6 Å². The molecule has 0 bridgehead atoms. The first kappa shape index (κ1) is 21.6. The molecule has 0 saturated carbocycles. The van der Waals surface area contributed by atoms with Crippen LogP contribution in [0.25, 0.3) is 0 Å².